The van der Waals surface area contributed by atoms with E-state index in [1.54, 1.807) is 25.1 Å². The largest absolute Gasteiger partial charge is 0.481 e. The fourth-order valence-electron chi connectivity index (χ4n) is 2.37. The number of ether oxygens (including phenoxy) is 3. The lowest BCUT2D eigenvalue weighted by Gasteiger charge is -2.16. The van der Waals surface area contributed by atoms with Crippen molar-refractivity contribution in [3.8, 4) is 17.2 Å². The summed E-state index contributed by atoms with van der Waals surface area (Å²) in [6.07, 6.45) is -0.612. The molecule has 24 heavy (non-hydrogen) atoms. The molecule has 0 aromatic heterocycles. The Labute approximate surface area is 145 Å². The molecule has 1 heterocycles. The number of carbonyl (C=O) groups is 1. The van der Waals surface area contributed by atoms with E-state index in [2.05, 4.69) is 5.32 Å². The van der Waals surface area contributed by atoms with Crippen LogP contribution in [0.4, 0.5) is 0 Å². The summed E-state index contributed by atoms with van der Waals surface area (Å²) >= 11 is 5.92. The second kappa shape index (κ2) is 7.01. The molecular weight excluding hydrogens is 330 g/mol. The maximum atomic E-state index is 12.2. The van der Waals surface area contributed by atoms with Gasteiger partial charge in [0, 0.05) is 11.6 Å². The number of aryl methyl sites for hydroxylation is 1. The highest BCUT2D eigenvalue weighted by Gasteiger charge is 2.17. The first-order valence-electron chi connectivity index (χ1n) is 7.62. The van der Waals surface area contributed by atoms with E-state index in [0.717, 1.165) is 16.9 Å². The van der Waals surface area contributed by atoms with Crippen molar-refractivity contribution in [3.63, 3.8) is 0 Å². The van der Waals surface area contributed by atoms with Crippen molar-refractivity contribution in [2.75, 3.05) is 6.79 Å². The third-order valence-electron chi connectivity index (χ3n) is 3.71. The van der Waals surface area contributed by atoms with Crippen LogP contribution >= 0.6 is 11.6 Å². The lowest BCUT2D eigenvalue weighted by molar-refractivity contribution is -0.127. The zero-order valence-corrected chi connectivity index (χ0v) is 14.2. The Bertz CT molecular complexity index is 763. The summed E-state index contributed by atoms with van der Waals surface area (Å²) in [5.41, 5.74) is 1.82. The molecule has 1 aliphatic rings. The van der Waals surface area contributed by atoms with Crippen molar-refractivity contribution in [2.24, 2.45) is 0 Å². The molecule has 0 saturated heterocycles. The summed E-state index contributed by atoms with van der Waals surface area (Å²) in [6, 6.07) is 10.9. The Morgan fingerprint density at radius 1 is 1.25 bits per heavy atom. The van der Waals surface area contributed by atoms with E-state index in [-0.39, 0.29) is 12.7 Å². The molecule has 2 aromatic rings. The molecule has 5 nitrogen and oxygen atoms in total. The lowest BCUT2D eigenvalue weighted by Crippen LogP contribution is -2.36. The summed E-state index contributed by atoms with van der Waals surface area (Å²) in [7, 11) is 0. The molecule has 2 aromatic carbocycles. The minimum Gasteiger partial charge on any atom is -0.481 e. The van der Waals surface area contributed by atoms with Gasteiger partial charge in [-0.2, -0.15) is 0 Å². The van der Waals surface area contributed by atoms with Crippen LogP contribution in [0.15, 0.2) is 36.4 Å². The molecule has 1 unspecified atom stereocenters. The van der Waals surface area contributed by atoms with E-state index in [1.165, 1.54) is 0 Å². The van der Waals surface area contributed by atoms with Gasteiger partial charge in [-0.1, -0.05) is 17.7 Å². The van der Waals surface area contributed by atoms with E-state index in [1.807, 2.05) is 25.1 Å². The van der Waals surface area contributed by atoms with Gasteiger partial charge in [0.1, 0.15) is 5.75 Å². The molecule has 3 rings (SSSR count). The van der Waals surface area contributed by atoms with Gasteiger partial charge in [-0.25, -0.2) is 0 Å². The smallest absolute Gasteiger partial charge is 0.261 e. The van der Waals surface area contributed by atoms with Crippen LogP contribution < -0.4 is 19.5 Å². The molecule has 6 heteroatoms. The second-order valence-electron chi connectivity index (χ2n) is 5.58. The minimum atomic E-state index is -0.612. The third-order valence-corrected chi connectivity index (χ3v) is 3.95. The van der Waals surface area contributed by atoms with Crippen LogP contribution in [0.1, 0.15) is 18.1 Å². The van der Waals surface area contributed by atoms with Gasteiger partial charge in [-0.05, 0) is 55.3 Å². The van der Waals surface area contributed by atoms with Crippen molar-refractivity contribution in [1.82, 2.24) is 5.32 Å². The van der Waals surface area contributed by atoms with Gasteiger partial charge < -0.3 is 19.5 Å². The normalized spacial score (nSPS) is 13.5. The Morgan fingerprint density at radius 3 is 2.83 bits per heavy atom. The number of hydrogen-bond acceptors (Lipinski definition) is 4. The molecule has 0 saturated carbocycles. The molecule has 0 spiro atoms. The van der Waals surface area contributed by atoms with Crippen molar-refractivity contribution >= 4 is 17.5 Å². The Kier molecular flexibility index (Phi) is 4.81. The average Bonchev–Trinajstić information content (AvgIpc) is 3.02. The molecule has 126 valence electrons. The highest BCUT2D eigenvalue weighted by molar-refractivity contribution is 6.30. The fraction of sp³-hybridized carbons (Fsp3) is 0.278. The van der Waals surface area contributed by atoms with Crippen LogP contribution in [0.5, 0.6) is 17.2 Å². The van der Waals surface area contributed by atoms with Crippen LogP contribution in [0.2, 0.25) is 5.02 Å². The van der Waals surface area contributed by atoms with Gasteiger partial charge in [-0.15, -0.1) is 0 Å². The Morgan fingerprint density at radius 2 is 2.04 bits per heavy atom. The molecule has 0 bridgehead atoms. The molecule has 1 N–H and O–H groups in total. The molecular formula is C18H18ClNO4. The van der Waals surface area contributed by atoms with E-state index >= 15 is 0 Å². The van der Waals surface area contributed by atoms with Gasteiger partial charge in [0.2, 0.25) is 6.79 Å². The highest BCUT2D eigenvalue weighted by Crippen LogP contribution is 2.32. The van der Waals surface area contributed by atoms with E-state index in [9.17, 15) is 4.79 Å². The van der Waals surface area contributed by atoms with Crippen LogP contribution in [0.3, 0.4) is 0 Å². The molecule has 0 aliphatic carbocycles. The van der Waals surface area contributed by atoms with Gasteiger partial charge in [-0.3, -0.25) is 4.79 Å². The zero-order valence-electron chi connectivity index (χ0n) is 13.5. The molecule has 0 radical (unpaired) electrons. The average molecular weight is 348 g/mol. The number of rotatable bonds is 5. The van der Waals surface area contributed by atoms with Gasteiger partial charge in [0.15, 0.2) is 17.6 Å². The van der Waals surface area contributed by atoms with Crippen molar-refractivity contribution < 1.29 is 19.0 Å². The number of carbonyl (C=O) groups excluding carboxylic acids is 1. The quantitative estimate of drug-likeness (QED) is 0.900. The van der Waals surface area contributed by atoms with Gasteiger partial charge in [0.05, 0.1) is 0 Å². The van der Waals surface area contributed by atoms with Crippen molar-refractivity contribution in [3.05, 3.63) is 52.5 Å². The molecule has 1 atom stereocenters. The van der Waals surface area contributed by atoms with Gasteiger partial charge >= 0.3 is 0 Å². The highest BCUT2D eigenvalue weighted by atomic mass is 35.5. The lowest BCUT2D eigenvalue weighted by atomic mass is 10.2. The van der Waals surface area contributed by atoms with E-state index < -0.39 is 6.10 Å². The number of hydrogen-bond donors (Lipinski definition) is 1. The summed E-state index contributed by atoms with van der Waals surface area (Å²) in [6.45, 7) is 4.22. The van der Waals surface area contributed by atoms with Crippen molar-refractivity contribution in [1.29, 1.82) is 0 Å². The van der Waals surface area contributed by atoms with Crippen LogP contribution in [0.25, 0.3) is 0 Å². The van der Waals surface area contributed by atoms with E-state index in [4.69, 9.17) is 25.8 Å². The number of fused-ring (bicyclic) bond motifs is 1. The maximum absolute atomic E-state index is 12.2. The minimum absolute atomic E-state index is 0.193. The van der Waals surface area contributed by atoms with E-state index in [0.29, 0.717) is 23.1 Å². The Hall–Kier alpha value is -2.40. The summed E-state index contributed by atoms with van der Waals surface area (Å²) < 4.78 is 16.3. The Balaban J connectivity index is 1.56. The topological polar surface area (TPSA) is 56.8 Å². The number of amides is 1. The first kappa shape index (κ1) is 16.5. The second-order valence-corrected chi connectivity index (χ2v) is 6.01. The number of halogens is 1. The monoisotopic (exact) mass is 347 g/mol. The summed E-state index contributed by atoms with van der Waals surface area (Å²) in [5.74, 6) is 1.87. The predicted molar refractivity (Wildman–Crippen MR) is 90.7 cm³/mol. The van der Waals surface area contributed by atoms with Crippen LogP contribution in [-0.2, 0) is 11.3 Å². The first-order valence-corrected chi connectivity index (χ1v) is 8.00. The SMILES string of the molecule is Cc1cc(Cl)ccc1OC(C)C(=O)NCc1ccc2c(c1)OCO2. The first-order chi connectivity index (χ1) is 11.5. The maximum Gasteiger partial charge on any atom is 0.261 e. The van der Waals surface area contributed by atoms with Crippen LogP contribution in [-0.4, -0.2) is 18.8 Å². The predicted octanol–water partition coefficient (Wildman–Crippen LogP) is 3.46. The third kappa shape index (κ3) is 3.74. The molecule has 1 amide bonds. The molecule has 0 fully saturated rings. The standard InChI is InChI=1S/C18H18ClNO4/c1-11-7-14(19)4-6-15(11)24-12(2)18(21)20-9-13-3-5-16-17(8-13)23-10-22-16/h3-8,12H,9-10H2,1-2H3,(H,20,21). The summed E-state index contributed by atoms with van der Waals surface area (Å²) in [5, 5.41) is 3.49. The number of benzene rings is 2. The fourth-order valence-corrected chi connectivity index (χ4v) is 2.60. The number of nitrogens with one attached hydrogen (secondary N) is 1. The zero-order chi connectivity index (χ0) is 17.1. The van der Waals surface area contributed by atoms with Crippen molar-refractivity contribution in [2.45, 2.75) is 26.5 Å². The summed E-state index contributed by atoms with van der Waals surface area (Å²) in [4.78, 5) is 12.2. The molecule has 1 aliphatic heterocycles. The van der Waals surface area contributed by atoms with Crippen LogP contribution in [0, 0.1) is 6.92 Å². The van der Waals surface area contributed by atoms with Gasteiger partial charge in [0.25, 0.3) is 5.91 Å².